The van der Waals surface area contributed by atoms with E-state index in [1.54, 1.807) is 0 Å². The number of hydrogen-bond donors (Lipinski definition) is 0. The molecule has 0 heterocycles. The lowest BCUT2D eigenvalue weighted by Gasteiger charge is -2.01. The largest absolute Gasteiger partial charge is 0.114 e. The predicted molar refractivity (Wildman–Crippen MR) is 54.7 cm³/mol. The minimum Gasteiger partial charge on any atom is -0.114 e. The van der Waals surface area contributed by atoms with Gasteiger partial charge in [-0.05, 0) is 5.56 Å². The van der Waals surface area contributed by atoms with Crippen molar-refractivity contribution in [2.75, 3.05) is 0 Å². The molecule has 0 radical (unpaired) electrons. The van der Waals surface area contributed by atoms with Crippen LogP contribution >= 0.6 is 7.92 Å². The van der Waals surface area contributed by atoms with Gasteiger partial charge in [-0.2, -0.15) is 0 Å². The van der Waals surface area contributed by atoms with Gasteiger partial charge in [0, 0.05) is 6.16 Å². The van der Waals surface area contributed by atoms with Gasteiger partial charge in [0.15, 0.2) is 0 Å². The van der Waals surface area contributed by atoms with E-state index in [-0.39, 0.29) is 0 Å². The Labute approximate surface area is 74.8 Å². The minimum absolute atomic E-state index is 0.677. The van der Waals surface area contributed by atoms with E-state index in [9.17, 15) is 0 Å². The summed E-state index contributed by atoms with van der Waals surface area (Å²) in [6.45, 7) is 0. The number of rotatable bonds is 2. The maximum Gasteiger partial charge on any atom is 0.0539 e. The second-order valence-electron chi connectivity index (χ2n) is 2.33. The third-order valence-corrected chi connectivity index (χ3v) is 2.80. The van der Waals surface area contributed by atoms with E-state index in [2.05, 4.69) is 11.3 Å². The quantitative estimate of drug-likeness (QED) is 0.475. The van der Waals surface area contributed by atoms with Gasteiger partial charge in [-0.1, -0.05) is 41.7 Å². The molecular formula is C11H9P. The molecule has 0 N–H and O–H groups in total. The zero-order chi connectivity index (χ0) is 8.81. The van der Waals surface area contributed by atoms with Crippen molar-refractivity contribution in [2.45, 2.75) is 6.16 Å². The van der Waals surface area contributed by atoms with Crippen molar-refractivity contribution < 1.29 is 0 Å². The standard InChI is InChI=1S/C11H9P/c1-3-12(4-2)10-11-8-6-5-7-9-11/h1-2,5-9H,10H2. The maximum atomic E-state index is 5.27. The predicted octanol–water partition coefficient (Wildman–Crippen LogP) is 2.85. The molecule has 0 saturated heterocycles. The van der Waals surface area contributed by atoms with E-state index in [0.717, 1.165) is 6.16 Å². The summed E-state index contributed by atoms with van der Waals surface area (Å²) in [4.78, 5) is 0. The van der Waals surface area contributed by atoms with E-state index >= 15 is 0 Å². The van der Waals surface area contributed by atoms with Crippen molar-refractivity contribution >= 4 is 7.92 Å². The van der Waals surface area contributed by atoms with Crippen molar-refractivity contribution in [3.63, 3.8) is 0 Å². The Balaban J connectivity index is 2.66. The average molecular weight is 172 g/mol. The molecule has 1 rings (SSSR count). The summed E-state index contributed by atoms with van der Waals surface area (Å²) in [7, 11) is -0.677. The molecule has 1 aromatic carbocycles. The van der Waals surface area contributed by atoms with E-state index in [1.165, 1.54) is 5.56 Å². The van der Waals surface area contributed by atoms with Crippen LogP contribution in [0.3, 0.4) is 0 Å². The van der Waals surface area contributed by atoms with Crippen molar-refractivity contribution in [3.8, 4) is 24.2 Å². The van der Waals surface area contributed by atoms with Crippen molar-refractivity contribution in [3.05, 3.63) is 35.9 Å². The summed E-state index contributed by atoms with van der Waals surface area (Å²) in [6, 6.07) is 10.1. The molecule has 1 heteroatoms. The first-order chi connectivity index (χ1) is 5.86. The Kier molecular flexibility index (Phi) is 3.40. The third-order valence-electron chi connectivity index (χ3n) is 1.50. The normalized spacial score (nSPS) is 8.92. The molecule has 0 bridgehead atoms. The highest BCUT2D eigenvalue weighted by Gasteiger charge is 2.00. The van der Waals surface area contributed by atoms with E-state index in [0.29, 0.717) is 0 Å². The van der Waals surface area contributed by atoms with Crippen LogP contribution in [-0.4, -0.2) is 0 Å². The smallest absolute Gasteiger partial charge is 0.0539 e. The first-order valence-electron chi connectivity index (χ1n) is 3.61. The van der Waals surface area contributed by atoms with Gasteiger partial charge in [-0.15, -0.1) is 12.8 Å². The highest BCUT2D eigenvalue weighted by atomic mass is 31.1. The summed E-state index contributed by atoms with van der Waals surface area (Å²) in [5.74, 6) is 0. The highest BCUT2D eigenvalue weighted by Crippen LogP contribution is 2.35. The van der Waals surface area contributed by atoms with Gasteiger partial charge in [-0.3, -0.25) is 0 Å². The van der Waals surface area contributed by atoms with E-state index in [1.807, 2.05) is 30.3 Å². The monoisotopic (exact) mass is 172 g/mol. The lowest BCUT2D eigenvalue weighted by Crippen LogP contribution is -1.79. The van der Waals surface area contributed by atoms with Crippen LogP contribution in [0.15, 0.2) is 30.3 Å². The van der Waals surface area contributed by atoms with Crippen molar-refractivity contribution in [2.24, 2.45) is 0 Å². The van der Waals surface area contributed by atoms with Gasteiger partial charge in [0.2, 0.25) is 0 Å². The van der Waals surface area contributed by atoms with Gasteiger partial charge >= 0.3 is 0 Å². The number of hydrogen-bond acceptors (Lipinski definition) is 0. The summed E-state index contributed by atoms with van der Waals surface area (Å²) in [5.41, 5.74) is 6.48. The summed E-state index contributed by atoms with van der Waals surface area (Å²) in [5, 5.41) is 0. The molecule has 0 atom stereocenters. The van der Waals surface area contributed by atoms with Crippen LogP contribution in [0, 0.1) is 24.2 Å². The fourth-order valence-corrected chi connectivity index (χ4v) is 1.73. The molecule has 12 heavy (non-hydrogen) atoms. The van der Waals surface area contributed by atoms with Gasteiger partial charge in [0.25, 0.3) is 0 Å². The van der Waals surface area contributed by atoms with Crippen LogP contribution in [0.2, 0.25) is 0 Å². The number of benzene rings is 1. The minimum atomic E-state index is -0.677. The Hall–Kier alpha value is -1.23. The molecule has 0 spiro atoms. The fraction of sp³-hybridized carbons (Fsp3) is 0.0909. The topological polar surface area (TPSA) is 0 Å². The Bertz CT molecular complexity index is 299. The average Bonchev–Trinajstić information content (AvgIpc) is 2.16. The molecule has 58 valence electrons. The van der Waals surface area contributed by atoms with E-state index in [4.69, 9.17) is 12.8 Å². The molecule has 0 aromatic heterocycles. The van der Waals surface area contributed by atoms with Crippen LogP contribution < -0.4 is 0 Å². The molecule has 0 nitrogen and oxygen atoms in total. The first kappa shape index (κ1) is 8.86. The van der Waals surface area contributed by atoms with Gasteiger partial charge < -0.3 is 0 Å². The summed E-state index contributed by atoms with van der Waals surface area (Å²) < 4.78 is 0. The van der Waals surface area contributed by atoms with E-state index < -0.39 is 7.92 Å². The van der Waals surface area contributed by atoms with Crippen LogP contribution in [-0.2, 0) is 6.16 Å². The molecule has 0 saturated carbocycles. The molecule has 0 aliphatic rings. The summed E-state index contributed by atoms with van der Waals surface area (Å²) in [6.07, 6.45) is 11.4. The van der Waals surface area contributed by atoms with Gasteiger partial charge in [0.1, 0.15) is 0 Å². The Morgan fingerprint density at radius 1 is 1.08 bits per heavy atom. The molecule has 0 fully saturated rings. The van der Waals surface area contributed by atoms with Gasteiger partial charge in [-0.25, -0.2) is 0 Å². The SMILES string of the molecule is C#CP(C#C)Cc1ccccc1. The van der Waals surface area contributed by atoms with Crippen molar-refractivity contribution in [1.82, 2.24) is 0 Å². The summed E-state index contributed by atoms with van der Waals surface area (Å²) >= 11 is 0. The Morgan fingerprint density at radius 3 is 2.17 bits per heavy atom. The van der Waals surface area contributed by atoms with Crippen LogP contribution in [0.1, 0.15) is 5.56 Å². The van der Waals surface area contributed by atoms with Crippen LogP contribution in [0.4, 0.5) is 0 Å². The second kappa shape index (κ2) is 4.61. The molecule has 0 aliphatic carbocycles. The molecule has 0 amide bonds. The highest BCUT2D eigenvalue weighted by molar-refractivity contribution is 7.67. The first-order valence-corrected chi connectivity index (χ1v) is 5.13. The number of terminal acetylenes is 2. The lowest BCUT2D eigenvalue weighted by molar-refractivity contribution is 1.41. The Morgan fingerprint density at radius 2 is 1.67 bits per heavy atom. The molecule has 1 aromatic rings. The zero-order valence-corrected chi connectivity index (χ0v) is 7.59. The third kappa shape index (κ3) is 2.43. The molecule has 0 unspecified atom stereocenters. The van der Waals surface area contributed by atoms with Crippen LogP contribution in [0.5, 0.6) is 0 Å². The fourth-order valence-electron chi connectivity index (χ4n) is 0.895. The zero-order valence-electron chi connectivity index (χ0n) is 6.70. The maximum absolute atomic E-state index is 5.27. The van der Waals surface area contributed by atoms with Crippen LogP contribution in [0.25, 0.3) is 0 Å². The molecular weight excluding hydrogens is 163 g/mol. The van der Waals surface area contributed by atoms with Crippen molar-refractivity contribution in [1.29, 1.82) is 0 Å². The second-order valence-corrected chi connectivity index (χ2v) is 4.02. The molecule has 0 aliphatic heterocycles. The lowest BCUT2D eigenvalue weighted by atomic mass is 10.2. The van der Waals surface area contributed by atoms with Gasteiger partial charge in [0.05, 0.1) is 7.92 Å².